The van der Waals surface area contributed by atoms with Gasteiger partial charge in [0.2, 0.25) is 0 Å². The zero-order valence-corrected chi connectivity index (χ0v) is 12.5. The van der Waals surface area contributed by atoms with Gasteiger partial charge in [-0.25, -0.2) is 0 Å². The quantitative estimate of drug-likeness (QED) is 0.423. The number of rotatable bonds is 0. The maximum absolute atomic E-state index is 8.74. The Kier molecular flexibility index (Phi) is 133. The molecule has 9 heavy (non-hydrogen) atoms. The van der Waals surface area contributed by atoms with Crippen LogP contribution in [0.2, 0.25) is 0 Å². The molecule has 0 radical (unpaired) electrons. The predicted molar refractivity (Wildman–Crippen MR) is 42.0 cm³/mol. The van der Waals surface area contributed by atoms with Crippen molar-refractivity contribution in [3.63, 3.8) is 0 Å². The molecule has 0 atom stereocenters. The molecule has 0 heterocycles. The fourth-order valence-corrected chi connectivity index (χ4v) is 0. The summed E-state index contributed by atoms with van der Waals surface area (Å²) in [5, 5.41) is 0. The van der Waals surface area contributed by atoms with Crippen molar-refractivity contribution in [1.29, 1.82) is 0 Å². The SMILES string of the molecule is O.O.O=[Si](O)O.[Ca+2].[Ca+2].[Ca+2].[H-].[H-].[H-].[H-].[H-].[H-]. The first-order chi connectivity index (χ1) is 1.73. The third kappa shape index (κ3) is 89.3. The van der Waals surface area contributed by atoms with Crippen LogP contribution in [-0.4, -0.2) is 143 Å². The molecule has 0 bridgehead atoms. The molecule has 0 fully saturated rings. The van der Waals surface area contributed by atoms with Gasteiger partial charge in [0.15, 0.2) is 0 Å². The standard InChI is InChI=1S/3Ca.H2O3Si.2H2O.6H/c;;;1-4(2)3;;;;;;;;/h;;;1-2H;2*1H2;;;;;;/q3*+2;;;;6*-1. The molecule has 0 unspecified atom stereocenters. The molecule has 0 aliphatic carbocycles. The van der Waals surface area contributed by atoms with Crippen LogP contribution in [0, 0.1) is 0 Å². The first-order valence-electron chi connectivity index (χ1n) is 0.651. The monoisotopic (exact) mass is 240 g/mol. The molecule has 52 valence electrons. The average Bonchev–Trinajstić information content (AvgIpc) is 0.811. The van der Waals surface area contributed by atoms with Gasteiger partial charge in [-0.2, -0.15) is 0 Å². The van der Waals surface area contributed by atoms with Gasteiger partial charge >= 0.3 is 122 Å². The molecular weight excluding hydrogens is 228 g/mol. The predicted octanol–water partition coefficient (Wildman–Crippen LogP) is -3.73. The van der Waals surface area contributed by atoms with E-state index in [4.69, 9.17) is 14.1 Å². The van der Waals surface area contributed by atoms with E-state index in [-0.39, 0.29) is 133 Å². The Labute approximate surface area is 153 Å². The van der Waals surface area contributed by atoms with E-state index in [2.05, 4.69) is 0 Å². The van der Waals surface area contributed by atoms with Crippen LogP contribution in [0.25, 0.3) is 0 Å². The van der Waals surface area contributed by atoms with Crippen molar-refractivity contribution in [2.24, 2.45) is 0 Å². The summed E-state index contributed by atoms with van der Waals surface area (Å²) in [5.74, 6) is 0. The van der Waals surface area contributed by atoms with Crippen LogP contribution in [0.1, 0.15) is 8.56 Å². The molecule has 0 aromatic heterocycles. The maximum Gasteiger partial charge on any atom is 2.00 e. The van der Waals surface area contributed by atoms with Crippen molar-refractivity contribution < 1.29 is 33.6 Å². The van der Waals surface area contributed by atoms with Crippen molar-refractivity contribution in [2.75, 3.05) is 0 Å². The Morgan fingerprint density at radius 3 is 1.00 bits per heavy atom. The molecule has 5 nitrogen and oxygen atoms in total. The third-order valence-electron chi connectivity index (χ3n) is 0. The van der Waals surface area contributed by atoms with Gasteiger partial charge in [-0.3, -0.25) is 4.46 Å². The van der Waals surface area contributed by atoms with Crippen molar-refractivity contribution in [2.45, 2.75) is 0 Å². The first kappa shape index (κ1) is 39.5. The van der Waals surface area contributed by atoms with Gasteiger partial charge < -0.3 is 29.1 Å². The summed E-state index contributed by atoms with van der Waals surface area (Å²) in [6.07, 6.45) is 0. The van der Waals surface area contributed by atoms with Crippen LogP contribution in [0.15, 0.2) is 0 Å². The van der Waals surface area contributed by atoms with Crippen molar-refractivity contribution >= 4 is 122 Å². The molecule has 0 rings (SSSR count). The zero-order valence-electron chi connectivity index (χ0n) is 10.9. The summed E-state index contributed by atoms with van der Waals surface area (Å²) in [4.78, 5) is 14.3. The van der Waals surface area contributed by atoms with Crippen LogP contribution < -0.4 is 0 Å². The summed E-state index contributed by atoms with van der Waals surface area (Å²) in [6.45, 7) is 0. The van der Waals surface area contributed by atoms with Crippen molar-refractivity contribution in [3.8, 4) is 0 Å². The summed E-state index contributed by atoms with van der Waals surface area (Å²) < 4.78 is 8.74. The molecule has 0 aliphatic heterocycles. The normalized spacial score (nSPS) is 2.67. The fraction of sp³-hybridized carbons (Fsp3) is 0. The van der Waals surface area contributed by atoms with E-state index in [0.717, 1.165) is 0 Å². The second-order valence-electron chi connectivity index (χ2n) is 0.283. The minimum Gasteiger partial charge on any atom is -1.00 e. The Morgan fingerprint density at radius 2 is 1.00 bits per heavy atom. The summed E-state index contributed by atoms with van der Waals surface area (Å²) in [5.41, 5.74) is 0. The molecule has 0 aromatic rings. The topological polar surface area (TPSA) is 121 Å². The van der Waals surface area contributed by atoms with Crippen LogP contribution in [0.5, 0.6) is 0 Å². The minimum atomic E-state index is -3.13. The van der Waals surface area contributed by atoms with Crippen molar-refractivity contribution in [1.82, 2.24) is 0 Å². The molecule has 0 spiro atoms. The van der Waals surface area contributed by atoms with E-state index >= 15 is 0 Å². The van der Waals surface area contributed by atoms with Gasteiger partial charge in [0.25, 0.3) is 0 Å². The maximum atomic E-state index is 8.74. The van der Waals surface area contributed by atoms with Crippen molar-refractivity contribution in [3.05, 3.63) is 0 Å². The molecule has 0 aliphatic rings. The van der Waals surface area contributed by atoms with E-state index in [9.17, 15) is 0 Å². The Bertz CT molecular complexity index is 49.7. The fourth-order valence-electron chi connectivity index (χ4n) is 0. The molecule has 9 heteroatoms. The molecule has 0 saturated carbocycles. The van der Waals surface area contributed by atoms with E-state index < -0.39 is 9.17 Å². The smallest absolute Gasteiger partial charge is 1.00 e. The largest absolute Gasteiger partial charge is 2.00 e. The van der Waals surface area contributed by atoms with Gasteiger partial charge in [-0.1, -0.05) is 0 Å². The van der Waals surface area contributed by atoms with Gasteiger partial charge in [-0.05, 0) is 0 Å². The molecule has 0 saturated heterocycles. The minimum absolute atomic E-state index is 0. The first-order valence-corrected chi connectivity index (χ1v) is 1.95. The van der Waals surface area contributed by atoms with Gasteiger partial charge in [0.05, 0.1) is 0 Å². The van der Waals surface area contributed by atoms with E-state index in [1.807, 2.05) is 0 Å². The summed E-state index contributed by atoms with van der Waals surface area (Å²) >= 11 is 0. The number of hydrogen-bond donors (Lipinski definition) is 2. The summed E-state index contributed by atoms with van der Waals surface area (Å²) in [6, 6.07) is 0. The van der Waals surface area contributed by atoms with Crippen LogP contribution in [0.4, 0.5) is 0 Å². The summed E-state index contributed by atoms with van der Waals surface area (Å²) in [7, 11) is -3.13. The molecule has 0 aromatic carbocycles. The van der Waals surface area contributed by atoms with Crippen LogP contribution >= 0.6 is 0 Å². The second-order valence-corrected chi connectivity index (χ2v) is 0.848. The van der Waals surface area contributed by atoms with Crippen LogP contribution in [0.3, 0.4) is 0 Å². The zero-order chi connectivity index (χ0) is 3.58. The Hall–Kier alpha value is 3.32. The second kappa shape index (κ2) is 30.2. The van der Waals surface area contributed by atoms with E-state index in [1.54, 1.807) is 0 Å². The van der Waals surface area contributed by atoms with E-state index in [1.165, 1.54) is 0 Å². The van der Waals surface area contributed by atoms with Gasteiger partial charge in [0, 0.05) is 0 Å². The molecule has 6 N–H and O–H groups in total. The Balaban J connectivity index is -0.000000000818. The molecular formula is H12Ca3O5Si. The molecule has 0 amide bonds. The van der Waals surface area contributed by atoms with E-state index in [0.29, 0.717) is 0 Å². The van der Waals surface area contributed by atoms with Gasteiger partial charge in [-0.15, -0.1) is 0 Å². The Morgan fingerprint density at radius 1 is 1.00 bits per heavy atom. The third-order valence-corrected chi connectivity index (χ3v) is 0. The van der Waals surface area contributed by atoms with Crippen LogP contribution in [-0.2, 0) is 4.46 Å². The number of hydrogen-bond acceptors (Lipinski definition) is 1. The van der Waals surface area contributed by atoms with Gasteiger partial charge in [0.1, 0.15) is 0 Å². The average molecular weight is 240 g/mol.